The molecule has 0 aliphatic heterocycles. The normalized spacial score (nSPS) is 20.2. The summed E-state index contributed by atoms with van der Waals surface area (Å²) in [6, 6.07) is 0. The topological polar surface area (TPSA) is 0 Å². The van der Waals surface area contributed by atoms with Gasteiger partial charge in [0.1, 0.15) is 8.83 Å². The van der Waals surface area contributed by atoms with Gasteiger partial charge in [0.25, 0.3) is 0 Å². The van der Waals surface area contributed by atoms with Gasteiger partial charge < -0.3 is 0 Å². The summed E-state index contributed by atoms with van der Waals surface area (Å²) in [7, 11) is -3.11. The second-order valence-corrected chi connectivity index (χ2v) is 20.4. The van der Waals surface area contributed by atoms with Crippen molar-refractivity contribution in [2.75, 3.05) is 0 Å². The quantitative estimate of drug-likeness (QED) is 0.461. The first kappa shape index (κ1) is 17.3. The molecule has 0 spiro atoms. The van der Waals surface area contributed by atoms with E-state index in [2.05, 4.69) is 63.6 Å². The fraction of sp³-hybridized carbons (Fsp3) is 0.529. The lowest BCUT2D eigenvalue weighted by Crippen LogP contribution is -2.27. The van der Waals surface area contributed by atoms with Crippen LogP contribution in [0, 0.1) is 0 Å². The minimum absolute atomic E-state index is 0.589. The largest absolute Gasteiger partial charge is 0.175 e. The summed E-state index contributed by atoms with van der Waals surface area (Å²) in [5.74, 6) is 0. The van der Waals surface area contributed by atoms with Crippen molar-refractivity contribution in [2.45, 2.75) is 57.7 Å². The van der Waals surface area contributed by atoms with E-state index in [4.69, 9.17) is 11.1 Å². The van der Waals surface area contributed by atoms with Crippen molar-refractivity contribution in [3.63, 3.8) is 0 Å². The van der Waals surface area contributed by atoms with E-state index in [1.807, 2.05) is 0 Å². The maximum atomic E-state index is 6.60. The zero-order chi connectivity index (χ0) is 15.8. The first-order chi connectivity index (χ1) is 9.66. The third-order valence-electron chi connectivity index (χ3n) is 4.55. The zero-order valence-corrected chi connectivity index (χ0v) is 18.6. The van der Waals surface area contributed by atoms with E-state index in [9.17, 15) is 0 Å². The minimum atomic E-state index is -1.26. The summed E-state index contributed by atoms with van der Waals surface area (Å²) in [5.41, 5.74) is 3.97. The molecule has 21 heavy (non-hydrogen) atoms. The first-order valence-electron chi connectivity index (χ1n) is 8.02. The van der Waals surface area contributed by atoms with Gasteiger partial charge in [-0.05, 0) is 12.8 Å². The highest BCUT2D eigenvalue weighted by molar-refractivity contribution is 6.95. The van der Waals surface area contributed by atoms with Gasteiger partial charge in [-0.3, -0.25) is 0 Å². The summed E-state index contributed by atoms with van der Waals surface area (Å²) in [6.45, 7) is 14.8. The highest BCUT2D eigenvalue weighted by atomic mass is 35.6. The highest BCUT2D eigenvalue weighted by Crippen LogP contribution is 2.44. The van der Waals surface area contributed by atoms with Crippen LogP contribution in [0.25, 0.3) is 0 Å². The lowest BCUT2D eigenvalue weighted by molar-refractivity contribution is 1.01. The number of rotatable bonds is 5. The van der Waals surface area contributed by atoms with Crippen LogP contribution < -0.4 is 0 Å². The first-order valence-corrected chi connectivity index (χ1v) is 18.0. The van der Waals surface area contributed by atoms with Gasteiger partial charge in [0.15, 0.2) is 0 Å². The minimum Gasteiger partial charge on any atom is -0.175 e. The summed E-state index contributed by atoms with van der Waals surface area (Å²) in [4.78, 5) is 0. The standard InChI is InChI=1S/C17H29ClSi3/c1-20(2,3)15-11-7-9-13(15)17(19-18)14-10-8-12-16(14)21(4,5)6/h7-8,11-12,17H,9-10,19H2,1-6H3. The fourth-order valence-electron chi connectivity index (χ4n) is 3.56. The van der Waals surface area contributed by atoms with Gasteiger partial charge in [-0.25, -0.2) is 0 Å². The van der Waals surface area contributed by atoms with Gasteiger partial charge in [-0.2, -0.15) is 11.1 Å². The number of allylic oxidation sites excluding steroid dienone is 8. The monoisotopic (exact) mass is 352 g/mol. The van der Waals surface area contributed by atoms with E-state index in [0.717, 1.165) is 12.8 Å². The van der Waals surface area contributed by atoms with Crippen molar-refractivity contribution < 1.29 is 0 Å². The lowest BCUT2D eigenvalue weighted by atomic mass is 10.0. The van der Waals surface area contributed by atoms with Gasteiger partial charge in [0.05, 0.1) is 16.1 Å². The Bertz CT molecular complexity index is 491. The Balaban J connectivity index is 2.47. The molecule has 0 bridgehead atoms. The van der Waals surface area contributed by atoms with Crippen molar-refractivity contribution >= 4 is 36.1 Å². The molecule has 0 N–H and O–H groups in total. The van der Waals surface area contributed by atoms with Crippen LogP contribution in [0.2, 0.25) is 44.8 Å². The Kier molecular flexibility index (Phi) is 5.08. The van der Waals surface area contributed by atoms with Crippen molar-refractivity contribution in [1.82, 2.24) is 0 Å². The molecular formula is C17H29ClSi3. The molecule has 116 valence electrons. The molecule has 2 aliphatic rings. The van der Waals surface area contributed by atoms with E-state index in [1.54, 1.807) is 21.5 Å². The van der Waals surface area contributed by atoms with Crippen LogP contribution in [0.4, 0.5) is 0 Å². The fourth-order valence-corrected chi connectivity index (χ4v) is 9.95. The third-order valence-corrected chi connectivity index (χ3v) is 11.0. The van der Waals surface area contributed by atoms with E-state index in [0.29, 0.717) is 5.54 Å². The second-order valence-electron chi connectivity index (χ2n) is 8.30. The Morgan fingerprint density at radius 1 is 0.857 bits per heavy atom. The lowest BCUT2D eigenvalue weighted by Gasteiger charge is -2.28. The summed E-state index contributed by atoms with van der Waals surface area (Å²) in [5, 5.41) is 3.35. The van der Waals surface area contributed by atoms with Gasteiger partial charge in [0, 0.05) is 5.54 Å². The van der Waals surface area contributed by atoms with E-state index >= 15 is 0 Å². The molecule has 0 nitrogen and oxygen atoms in total. The van der Waals surface area contributed by atoms with Crippen molar-refractivity contribution in [3.8, 4) is 0 Å². The van der Waals surface area contributed by atoms with Gasteiger partial charge in [0.2, 0.25) is 0 Å². The summed E-state index contributed by atoms with van der Waals surface area (Å²) >= 11 is 6.60. The van der Waals surface area contributed by atoms with Gasteiger partial charge >= 0.3 is 0 Å². The molecule has 2 aliphatic carbocycles. The van der Waals surface area contributed by atoms with Crippen LogP contribution in [-0.2, 0) is 0 Å². The molecule has 0 heterocycles. The maximum absolute atomic E-state index is 6.60. The van der Waals surface area contributed by atoms with E-state index in [1.165, 1.54) is 0 Å². The summed E-state index contributed by atoms with van der Waals surface area (Å²) in [6.07, 6.45) is 11.8. The summed E-state index contributed by atoms with van der Waals surface area (Å²) < 4.78 is 0. The molecule has 0 unspecified atom stereocenters. The van der Waals surface area contributed by atoms with Gasteiger partial charge in [-0.15, -0.1) is 0 Å². The van der Waals surface area contributed by atoms with Crippen molar-refractivity contribution in [2.24, 2.45) is 0 Å². The SMILES string of the molecule is C[Si](C)(C)C1=C(C([SiH2]Cl)C2=C([Si](C)(C)C)C=CC2)CC=C1. The molecule has 0 amide bonds. The second kappa shape index (κ2) is 6.19. The number of hydrogen-bond donors (Lipinski definition) is 0. The van der Waals surface area contributed by atoms with Crippen LogP contribution >= 0.6 is 11.1 Å². The Hall–Kier alpha value is -0.0994. The van der Waals surface area contributed by atoms with Gasteiger partial charge in [-0.1, -0.05) is 85.1 Å². The average molecular weight is 353 g/mol. The van der Waals surface area contributed by atoms with Crippen molar-refractivity contribution in [1.29, 1.82) is 0 Å². The maximum Gasteiger partial charge on any atom is 0.136 e. The Morgan fingerprint density at radius 3 is 1.52 bits per heavy atom. The highest BCUT2D eigenvalue weighted by Gasteiger charge is 2.33. The van der Waals surface area contributed by atoms with E-state index < -0.39 is 25.0 Å². The molecule has 0 saturated heterocycles. The molecule has 4 heteroatoms. The molecule has 0 saturated carbocycles. The van der Waals surface area contributed by atoms with Crippen LogP contribution in [0.15, 0.2) is 45.8 Å². The van der Waals surface area contributed by atoms with Crippen LogP contribution in [0.1, 0.15) is 12.8 Å². The van der Waals surface area contributed by atoms with Crippen LogP contribution in [0.3, 0.4) is 0 Å². The number of hydrogen-bond acceptors (Lipinski definition) is 0. The Morgan fingerprint density at radius 2 is 1.24 bits per heavy atom. The molecule has 0 fully saturated rings. The molecule has 0 aromatic heterocycles. The molecule has 0 atom stereocenters. The molecular weight excluding hydrogens is 324 g/mol. The smallest absolute Gasteiger partial charge is 0.136 e. The van der Waals surface area contributed by atoms with Crippen LogP contribution in [-0.4, -0.2) is 25.0 Å². The van der Waals surface area contributed by atoms with Crippen molar-refractivity contribution in [3.05, 3.63) is 45.8 Å². The molecule has 0 aromatic rings. The Labute approximate surface area is 139 Å². The molecule has 0 aromatic carbocycles. The van der Waals surface area contributed by atoms with Crippen LogP contribution in [0.5, 0.6) is 0 Å². The predicted octanol–water partition coefficient (Wildman–Crippen LogP) is 5.37. The molecule has 0 radical (unpaired) electrons. The average Bonchev–Trinajstić information content (AvgIpc) is 2.96. The predicted molar refractivity (Wildman–Crippen MR) is 106 cm³/mol. The number of halogens is 1. The third kappa shape index (κ3) is 3.63. The zero-order valence-electron chi connectivity index (χ0n) is 14.4. The molecule has 2 rings (SSSR count). The van der Waals surface area contributed by atoms with E-state index in [-0.39, 0.29) is 0 Å².